The Bertz CT molecular complexity index is 434. The number of nitrogens with one attached hydrogen (secondary N) is 1. The first-order valence-corrected chi connectivity index (χ1v) is 7.16. The second-order valence-electron chi connectivity index (χ2n) is 7.51. The summed E-state index contributed by atoms with van der Waals surface area (Å²) < 4.78 is 0. The number of hydrogen-bond donors (Lipinski definition) is 1. The number of imide groups is 1. The van der Waals surface area contributed by atoms with Gasteiger partial charge >= 0.3 is 12.1 Å². The van der Waals surface area contributed by atoms with E-state index in [2.05, 4.69) is 26.1 Å². The quantitative estimate of drug-likeness (QED) is 0.728. The molecule has 2 atom stereocenters. The molecule has 3 fully saturated rings. The monoisotopic (exact) mass is 265 g/mol. The Morgan fingerprint density at radius 2 is 2.05 bits per heavy atom. The van der Waals surface area contributed by atoms with Crippen LogP contribution >= 0.6 is 0 Å². The molecule has 0 spiro atoms. The summed E-state index contributed by atoms with van der Waals surface area (Å²) in [4.78, 5) is 27.5. The van der Waals surface area contributed by atoms with Gasteiger partial charge in [0.05, 0.1) is 0 Å². The van der Waals surface area contributed by atoms with Gasteiger partial charge in [-0.2, -0.15) is 0 Å². The summed E-state index contributed by atoms with van der Waals surface area (Å²) in [6.45, 7) is 8.72. The lowest BCUT2D eigenvalue weighted by molar-refractivity contribution is 0.125. The van der Waals surface area contributed by atoms with Gasteiger partial charge in [-0.15, -0.1) is 0 Å². The zero-order valence-electron chi connectivity index (χ0n) is 12.0. The first-order valence-electron chi connectivity index (χ1n) is 7.16. The van der Waals surface area contributed by atoms with Crippen molar-refractivity contribution in [1.82, 2.24) is 15.1 Å². The Morgan fingerprint density at radius 3 is 2.68 bits per heavy atom. The average molecular weight is 265 g/mol. The van der Waals surface area contributed by atoms with Crippen molar-refractivity contribution in [2.75, 3.05) is 19.6 Å². The lowest BCUT2D eigenvalue weighted by Gasteiger charge is -2.39. The average Bonchev–Trinajstić information content (AvgIpc) is 2.78. The molecule has 1 saturated carbocycles. The van der Waals surface area contributed by atoms with Gasteiger partial charge in [-0.05, 0) is 30.1 Å². The fourth-order valence-electron chi connectivity index (χ4n) is 4.49. The predicted octanol–water partition coefficient (Wildman–Crippen LogP) is 2.03. The molecule has 0 aromatic carbocycles. The lowest BCUT2D eigenvalue weighted by Crippen LogP contribution is -2.47. The topological polar surface area (TPSA) is 52.7 Å². The van der Waals surface area contributed by atoms with Crippen LogP contribution in [0.3, 0.4) is 0 Å². The molecule has 0 unspecified atom stereocenters. The summed E-state index contributed by atoms with van der Waals surface area (Å²) in [5.74, 6) is 0. The molecule has 4 amide bonds. The smallest absolute Gasteiger partial charge is 0.328 e. The maximum absolute atomic E-state index is 12.5. The molecule has 1 N–H and O–H groups in total. The van der Waals surface area contributed by atoms with Crippen molar-refractivity contribution in [2.24, 2.45) is 10.8 Å². The summed E-state index contributed by atoms with van der Waals surface area (Å²) in [6, 6.07) is -0.0352. The van der Waals surface area contributed by atoms with E-state index in [1.807, 2.05) is 4.90 Å². The van der Waals surface area contributed by atoms with Crippen LogP contribution in [0.1, 0.15) is 40.0 Å². The molecule has 0 aromatic rings. The molecule has 0 radical (unpaired) electrons. The van der Waals surface area contributed by atoms with Crippen molar-refractivity contribution in [1.29, 1.82) is 0 Å². The van der Waals surface area contributed by atoms with Crippen LogP contribution in [0.4, 0.5) is 9.59 Å². The van der Waals surface area contributed by atoms with E-state index in [4.69, 9.17) is 0 Å². The number of urea groups is 2. The van der Waals surface area contributed by atoms with E-state index < -0.39 is 0 Å². The summed E-state index contributed by atoms with van der Waals surface area (Å²) in [5, 5.41) is 2.70. The van der Waals surface area contributed by atoms with Crippen LogP contribution < -0.4 is 5.32 Å². The molecule has 2 aliphatic heterocycles. The van der Waals surface area contributed by atoms with E-state index in [1.165, 1.54) is 4.90 Å². The molecular weight excluding hydrogens is 242 g/mol. The Balaban J connectivity index is 1.80. The highest BCUT2D eigenvalue weighted by Gasteiger charge is 2.52. The van der Waals surface area contributed by atoms with Crippen LogP contribution in [0.5, 0.6) is 0 Å². The third kappa shape index (κ3) is 2.09. The molecule has 3 rings (SSSR count). The van der Waals surface area contributed by atoms with Crippen LogP contribution in [-0.2, 0) is 0 Å². The van der Waals surface area contributed by atoms with Gasteiger partial charge in [0, 0.05) is 25.7 Å². The first-order chi connectivity index (χ1) is 8.80. The number of likely N-dealkylation sites (tertiary alicyclic amines) is 1. The Labute approximate surface area is 114 Å². The predicted molar refractivity (Wildman–Crippen MR) is 71.7 cm³/mol. The molecule has 0 aromatic heterocycles. The van der Waals surface area contributed by atoms with Crippen molar-refractivity contribution >= 4 is 12.1 Å². The first kappa shape index (κ1) is 12.8. The fraction of sp³-hybridized carbons (Fsp3) is 0.857. The van der Waals surface area contributed by atoms with E-state index in [0.717, 1.165) is 25.8 Å². The minimum absolute atomic E-state index is 0.0959. The van der Waals surface area contributed by atoms with Crippen molar-refractivity contribution in [2.45, 2.75) is 46.1 Å². The van der Waals surface area contributed by atoms with Gasteiger partial charge in [-0.3, -0.25) is 0 Å². The maximum Gasteiger partial charge on any atom is 0.328 e. The van der Waals surface area contributed by atoms with Crippen LogP contribution in [0.15, 0.2) is 0 Å². The third-order valence-electron chi connectivity index (χ3n) is 4.75. The third-order valence-corrected chi connectivity index (χ3v) is 4.75. The molecule has 5 heteroatoms. The normalized spacial score (nSPS) is 36.6. The SMILES string of the molecule is CC1(C)C[C@@H]2C[C@@](C)(CN2C(=O)N2CCNC2=O)C1. The van der Waals surface area contributed by atoms with E-state index in [9.17, 15) is 9.59 Å². The van der Waals surface area contributed by atoms with E-state index in [0.29, 0.717) is 24.5 Å². The van der Waals surface area contributed by atoms with Gasteiger partial charge in [-0.25, -0.2) is 14.5 Å². The Morgan fingerprint density at radius 1 is 1.32 bits per heavy atom. The van der Waals surface area contributed by atoms with Crippen molar-refractivity contribution < 1.29 is 9.59 Å². The van der Waals surface area contributed by atoms with Crippen molar-refractivity contribution in [3.8, 4) is 0 Å². The summed E-state index contributed by atoms with van der Waals surface area (Å²) in [5.41, 5.74) is 0.512. The zero-order chi connectivity index (χ0) is 13.8. The van der Waals surface area contributed by atoms with Crippen LogP contribution in [-0.4, -0.2) is 47.5 Å². The lowest BCUT2D eigenvalue weighted by atomic mass is 9.65. The number of nitrogens with zero attached hydrogens (tertiary/aromatic N) is 2. The van der Waals surface area contributed by atoms with E-state index in [1.54, 1.807) is 0 Å². The highest BCUT2D eigenvalue weighted by molar-refractivity contribution is 5.95. The van der Waals surface area contributed by atoms with E-state index in [-0.39, 0.29) is 17.5 Å². The molecule has 19 heavy (non-hydrogen) atoms. The summed E-state index contributed by atoms with van der Waals surface area (Å²) >= 11 is 0. The number of amides is 4. The zero-order valence-corrected chi connectivity index (χ0v) is 12.0. The van der Waals surface area contributed by atoms with Gasteiger partial charge in [0.2, 0.25) is 0 Å². The molecule has 1 aliphatic carbocycles. The van der Waals surface area contributed by atoms with Gasteiger partial charge in [0.1, 0.15) is 0 Å². The van der Waals surface area contributed by atoms with Crippen molar-refractivity contribution in [3.63, 3.8) is 0 Å². The second kappa shape index (κ2) is 3.87. The second-order valence-corrected chi connectivity index (χ2v) is 7.51. The molecule has 3 aliphatic rings. The number of hydrogen-bond acceptors (Lipinski definition) is 2. The Hall–Kier alpha value is -1.26. The van der Waals surface area contributed by atoms with E-state index >= 15 is 0 Å². The number of carbonyl (C=O) groups is 2. The van der Waals surface area contributed by atoms with Crippen LogP contribution in [0, 0.1) is 10.8 Å². The number of carbonyl (C=O) groups excluding carboxylic acids is 2. The summed E-state index contributed by atoms with van der Waals surface area (Å²) in [6.07, 6.45) is 3.29. The molecular formula is C14H23N3O2. The van der Waals surface area contributed by atoms with Crippen molar-refractivity contribution in [3.05, 3.63) is 0 Å². The van der Waals surface area contributed by atoms with Crippen LogP contribution in [0.25, 0.3) is 0 Å². The molecule has 5 nitrogen and oxygen atoms in total. The standard InChI is InChI=1S/C14H23N3O2/c1-13(2)6-10-7-14(3,8-13)9-17(10)12(19)16-5-4-15-11(16)18/h10H,4-9H2,1-3H3,(H,15,18)/t10-,14-/m1/s1. The molecule has 2 bridgehead atoms. The molecule has 2 saturated heterocycles. The van der Waals surface area contributed by atoms with Gasteiger partial charge in [0.25, 0.3) is 0 Å². The van der Waals surface area contributed by atoms with Gasteiger partial charge in [-0.1, -0.05) is 20.8 Å². The Kier molecular flexibility index (Phi) is 2.60. The minimum Gasteiger partial charge on any atom is -0.336 e. The van der Waals surface area contributed by atoms with Crippen LogP contribution in [0.2, 0.25) is 0 Å². The maximum atomic E-state index is 12.5. The van der Waals surface area contributed by atoms with Gasteiger partial charge < -0.3 is 10.2 Å². The molecule has 2 heterocycles. The minimum atomic E-state index is -0.240. The summed E-state index contributed by atoms with van der Waals surface area (Å²) in [7, 11) is 0. The largest absolute Gasteiger partial charge is 0.336 e. The highest BCUT2D eigenvalue weighted by Crippen LogP contribution is 2.52. The molecule has 106 valence electrons. The highest BCUT2D eigenvalue weighted by atomic mass is 16.2. The number of rotatable bonds is 0. The van der Waals surface area contributed by atoms with Gasteiger partial charge in [0.15, 0.2) is 0 Å². The fourth-order valence-corrected chi connectivity index (χ4v) is 4.49. The number of fused-ring (bicyclic) bond motifs is 2.